The van der Waals surface area contributed by atoms with E-state index in [0.29, 0.717) is 4.57 Å². The second-order valence-electron chi connectivity index (χ2n) is 3.38. The number of aliphatic carboxylic acids is 1. The molecule has 6 nitrogen and oxygen atoms in total. The summed E-state index contributed by atoms with van der Waals surface area (Å²) in [6.07, 6.45) is 0. The molecule has 17 heavy (non-hydrogen) atoms. The highest BCUT2D eigenvalue weighted by Gasteiger charge is 2.11. The predicted octanol–water partition coefficient (Wildman–Crippen LogP) is 0.428. The maximum absolute atomic E-state index is 11.9. The third kappa shape index (κ3) is 1.94. The number of nitrogens with one attached hydrogen (secondary N) is 1. The first-order valence-corrected chi connectivity index (χ1v) is 5.01. The summed E-state index contributed by atoms with van der Waals surface area (Å²) in [4.78, 5) is 36.3. The Morgan fingerprint density at radius 3 is 2.76 bits per heavy atom. The lowest BCUT2D eigenvalue weighted by Crippen LogP contribution is -2.37. The molecular formula is C10H7ClN2O4. The molecular weight excluding hydrogens is 248 g/mol. The Morgan fingerprint density at radius 1 is 1.41 bits per heavy atom. The van der Waals surface area contributed by atoms with Crippen molar-refractivity contribution in [3.63, 3.8) is 0 Å². The van der Waals surface area contributed by atoms with Crippen LogP contribution >= 0.6 is 11.6 Å². The molecule has 2 rings (SSSR count). The minimum atomic E-state index is -1.26. The van der Waals surface area contributed by atoms with Crippen LogP contribution in [0.3, 0.4) is 0 Å². The molecule has 7 heteroatoms. The molecule has 0 amide bonds. The minimum Gasteiger partial charge on any atom is -0.480 e. The lowest BCUT2D eigenvalue weighted by atomic mass is 10.2. The number of aromatic amines is 1. The molecule has 0 unspecified atom stereocenters. The van der Waals surface area contributed by atoms with Crippen LogP contribution < -0.4 is 11.2 Å². The van der Waals surface area contributed by atoms with Crippen molar-refractivity contribution < 1.29 is 9.90 Å². The highest BCUT2D eigenvalue weighted by molar-refractivity contribution is 6.34. The van der Waals surface area contributed by atoms with Gasteiger partial charge in [-0.05, 0) is 12.1 Å². The van der Waals surface area contributed by atoms with E-state index in [4.69, 9.17) is 16.7 Å². The molecule has 88 valence electrons. The van der Waals surface area contributed by atoms with Crippen molar-refractivity contribution in [1.82, 2.24) is 9.55 Å². The van der Waals surface area contributed by atoms with E-state index in [9.17, 15) is 14.4 Å². The van der Waals surface area contributed by atoms with Crippen molar-refractivity contribution in [2.75, 3.05) is 0 Å². The Bertz CT molecular complexity index is 716. The zero-order valence-electron chi connectivity index (χ0n) is 8.44. The Morgan fingerprint density at radius 2 is 2.12 bits per heavy atom. The van der Waals surface area contributed by atoms with Crippen LogP contribution in [0.25, 0.3) is 10.9 Å². The first kappa shape index (κ1) is 11.4. The number of benzene rings is 1. The predicted molar refractivity (Wildman–Crippen MR) is 61.5 cm³/mol. The molecule has 2 aromatic rings. The highest BCUT2D eigenvalue weighted by atomic mass is 35.5. The molecule has 0 aliphatic heterocycles. The van der Waals surface area contributed by atoms with Crippen LogP contribution in [0.5, 0.6) is 0 Å². The number of fused-ring (bicyclic) bond motifs is 1. The van der Waals surface area contributed by atoms with Gasteiger partial charge in [0.1, 0.15) is 6.54 Å². The van der Waals surface area contributed by atoms with Gasteiger partial charge in [0, 0.05) is 0 Å². The van der Waals surface area contributed by atoms with Gasteiger partial charge in [0.2, 0.25) is 0 Å². The van der Waals surface area contributed by atoms with Gasteiger partial charge >= 0.3 is 11.7 Å². The molecule has 0 saturated heterocycles. The van der Waals surface area contributed by atoms with Crippen LogP contribution in [0.4, 0.5) is 0 Å². The van der Waals surface area contributed by atoms with E-state index in [0.717, 1.165) is 0 Å². The smallest absolute Gasteiger partial charge is 0.329 e. The second kappa shape index (κ2) is 4.06. The largest absolute Gasteiger partial charge is 0.480 e. The highest BCUT2D eigenvalue weighted by Crippen LogP contribution is 2.16. The number of hydrogen-bond donors (Lipinski definition) is 2. The van der Waals surface area contributed by atoms with E-state index in [1.54, 1.807) is 6.07 Å². The third-order valence-electron chi connectivity index (χ3n) is 2.26. The van der Waals surface area contributed by atoms with Crippen LogP contribution in [0.1, 0.15) is 0 Å². The fourth-order valence-electron chi connectivity index (χ4n) is 1.52. The van der Waals surface area contributed by atoms with Crippen LogP contribution in [0, 0.1) is 0 Å². The van der Waals surface area contributed by atoms with Gasteiger partial charge in [0.05, 0.1) is 15.9 Å². The van der Waals surface area contributed by atoms with E-state index >= 15 is 0 Å². The molecule has 0 aliphatic rings. The second-order valence-corrected chi connectivity index (χ2v) is 3.78. The number of nitrogens with zero attached hydrogens (tertiary/aromatic N) is 1. The number of carbonyl (C=O) groups is 1. The number of hydrogen-bond acceptors (Lipinski definition) is 3. The van der Waals surface area contributed by atoms with Gasteiger partial charge in [-0.25, -0.2) is 9.36 Å². The van der Waals surface area contributed by atoms with Gasteiger partial charge in [-0.15, -0.1) is 0 Å². The van der Waals surface area contributed by atoms with E-state index in [1.807, 2.05) is 0 Å². The SMILES string of the molecule is O=C(O)Cn1c(=O)[nH]c2c(Cl)cccc2c1=O. The summed E-state index contributed by atoms with van der Waals surface area (Å²) in [5, 5.41) is 9.02. The first-order chi connectivity index (χ1) is 8.00. The van der Waals surface area contributed by atoms with Crippen molar-refractivity contribution in [3.8, 4) is 0 Å². The summed E-state index contributed by atoms with van der Waals surface area (Å²) >= 11 is 5.82. The average Bonchev–Trinajstić information content (AvgIpc) is 2.26. The summed E-state index contributed by atoms with van der Waals surface area (Å²) < 4.78 is 0.612. The van der Waals surface area contributed by atoms with Gasteiger partial charge in [0.15, 0.2) is 0 Å². The number of carboxylic acid groups (broad SMARTS) is 1. The Labute approximate surface area is 99.1 Å². The van der Waals surface area contributed by atoms with Crippen molar-refractivity contribution in [3.05, 3.63) is 44.1 Å². The quantitative estimate of drug-likeness (QED) is 0.813. The number of carboxylic acids is 1. The van der Waals surface area contributed by atoms with E-state index in [-0.39, 0.29) is 15.9 Å². The van der Waals surface area contributed by atoms with Crippen molar-refractivity contribution in [2.24, 2.45) is 0 Å². The molecule has 0 fully saturated rings. The maximum Gasteiger partial charge on any atom is 0.329 e. The van der Waals surface area contributed by atoms with Crippen LogP contribution in [0.2, 0.25) is 5.02 Å². The summed E-state index contributed by atoms with van der Waals surface area (Å²) in [7, 11) is 0. The molecule has 1 heterocycles. The maximum atomic E-state index is 11.9. The number of aromatic nitrogens is 2. The monoisotopic (exact) mass is 254 g/mol. The fraction of sp³-hybridized carbons (Fsp3) is 0.100. The van der Waals surface area contributed by atoms with Gasteiger partial charge < -0.3 is 10.1 Å². The zero-order valence-corrected chi connectivity index (χ0v) is 9.19. The topological polar surface area (TPSA) is 92.2 Å². The Hall–Kier alpha value is -2.08. The molecule has 2 N–H and O–H groups in total. The van der Waals surface area contributed by atoms with Crippen LogP contribution in [0.15, 0.2) is 27.8 Å². The lowest BCUT2D eigenvalue weighted by Gasteiger charge is -2.04. The van der Waals surface area contributed by atoms with Gasteiger partial charge in [-0.2, -0.15) is 0 Å². The Balaban J connectivity index is 2.86. The normalized spacial score (nSPS) is 10.6. The number of para-hydroxylation sites is 1. The molecule has 1 aromatic carbocycles. The molecule has 0 atom stereocenters. The lowest BCUT2D eigenvalue weighted by molar-refractivity contribution is -0.137. The molecule has 0 aliphatic carbocycles. The summed E-state index contributed by atoms with van der Waals surface area (Å²) in [6.45, 7) is -0.684. The van der Waals surface area contributed by atoms with E-state index < -0.39 is 23.8 Å². The van der Waals surface area contributed by atoms with Gasteiger partial charge in [-0.3, -0.25) is 9.59 Å². The van der Waals surface area contributed by atoms with Crippen molar-refractivity contribution >= 4 is 28.5 Å². The Kier molecular flexibility index (Phi) is 2.72. The number of halogens is 1. The molecule has 0 radical (unpaired) electrons. The number of rotatable bonds is 2. The minimum absolute atomic E-state index is 0.179. The molecule has 0 saturated carbocycles. The molecule has 0 bridgehead atoms. The van der Waals surface area contributed by atoms with Gasteiger partial charge in [0.25, 0.3) is 5.56 Å². The number of H-pyrrole nitrogens is 1. The average molecular weight is 255 g/mol. The summed E-state index contributed by atoms with van der Waals surface area (Å²) in [5.41, 5.74) is -1.25. The van der Waals surface area contributed by atoms with E-state index in [2.05, 4.69) is 4.98 Å². The zero-order chi connectivity index (χ0) is 12.6. The van der Waals surface area contributed by atoms with Crippen LogP contribution in [-0.4, -0.2) is 20.6 Å². The summed E-state index contributed by atoms with van der Waals surface area (Å²) in [6, 6.07) is 4.55. The summed E-state index contributed by atoms with van der Waals surface area (Å²) in [5.74, 6) is -1.26. The van der Waals surface area contributed by atoms with E-state index in [1.165, 1.54) is 12.1 Å². The van der Waals surface area contributed by atoms with Gasteiger partial charge in [-0.1, -0.05) is 17.7 Å². The molecule has 0 spiro atoms. The molecule has 1 aromatic heterocycles. The standard InChI is InChI=1S/C10H7ClN2O4/c11-6-3-1-2-5-8(6)12-10(17)13(9(5)16)4-7(14)15/h1-3H,4H2,(H,12,17)(H,14,15). The van der Waals surface area contributed by atoms with Crippen molar-refractivity contribution in [2.45, 2.75) is 6.54 Å². The third-order valence-corrected chi connectivity index (χ3v) is 2.57. The van der Waals surface area contributed by atoms with Crippen molar-refractivity contribution in [1.29, 1.82) is 0 Å². The first-order valence-electron chi connectivity index (χ1n) is 4.64. The fourth-order valence-corrected chi connectivity index (χ4v) is 1.74. The van der Waals surface area contributed by atoms with Crippen LogP contribution in [-0.2, 0) is 11.3 Å².